The molecule has 0 bridgehead atoms. The number of rotatable bonds is 9. The Hall–Kier alpha value is -0.723. The fraction of sp³-hybridized carbons (Fsp3) is 0.538. The van der Waals surface area contributed by atoms with Gasteiger partial charge in [0, 0.05) is 26.4 Å². The molecular weight excluding hydrogens is 246 g/mol. The highest BCUT2D eigenvalue weighted by atomic mass is 28.4. The first-order chi connectivity index (χ1) is 8.76. The molecule has 0 aliphatic carbocycles. The Labute approximate surface area is 111 Å². The summed E-state index contributed by atoms with van der Waals surface area (Å²) >= 11 is 0. The second-order valence-corrected chi connectivity index (χ2v) is 6.03. The summed E-state index contributed by atoms with van der Waals surface area (Å²) in [5, 5.41) is 0. The molecule has 0 unspecified atom stereocenters. The molecule has 4 nitrogen and oxygen atoms in total. The number of hydrogen-bond acceptors (Lipinski definition) is 4. The highest BCUT2D eigenvalue weighted by Crippen LogP contribution is 2.08. The van der Waals surface area contributed by atoms with E-state index in [2.05, 4.69) is 17.1 Å². The van der Waals surface area contributed by atoms with E-state index >= 15 is 0 Å². The monoisotopic (exact) mass is 269 g/mol. The van der Waals surface area contributed by atoms with Crippen LogP contribution in [0.25, 0.3) is 0 Å². The Morgan fingerprint density at radius 1 is 0.889 bits per heavy atom. The van der Waals surface area contributed by atoms with Gasteiger partial charge in [0.15, 0.2) is 0 Å². The maximum absolute atomic E-state index is 5.72. The average Bonchev–Trinajstić information content (AvgIpc) is 2.39. The van der Waals surface area contributed by atoms with Crippen molar-refractivity contribution in [2.75, 3.05) is 19.8 Å². The molecule has 0 aliphatic rings. The van der Waals surface area contributed by atoms with Crippen molar-refractivity contribution in [1.82, 2.24) is 4.98 Å². The van der Waals surface area contributed by atoms with Crippen LogP contribution in [0.15, 0.2) is 30.3 Å². The molecule has 1 aromatic rings. The van der Waals surface area contributed by atoms with E-state index in [0.717, 1.165) is 0 Å². The molecule has 0 fully saturated rings. The summed E-state index contributed by atoms with van der Waals surface area (Å²) in [5.74, 6) is 0. The SMILES string of the molecule is CCO[Si](NCc1ccccc1)(OCC)OCC. The highest BCUT2D eigenvalue weighted by Gasteiger charge is 2.41. The third kappa shape index (κ3) is 4.87. The summed E-state index contributed by atoms with van der Waals surface area (Å²) in [7, 11) is -2.73. The lowest BCUT2D eigenvalue weighted by Gasteiger charge is -2.28. The largest absolute Gasteiger partial charge is 0.597 e. The smallest absolute Gasteiger partial charge is 0.361 e. The van der Waals surface area contributed by atoms with Crippen molar-refractivity contribution in [3.63, 3.8) is 0 Å². The van der Waals surface area contributed by atoms with Crippen LogP contribution in [0, 0.1) is 0 Å². The first-order valence-corrected chi connectivity index (χ1v) is 8.19. The van der Waals surface area contributed by atoms with E-state index in [-0.39, 0.29) is 0 Å². The Bertz CT molecular complexity index is 304. The van der Waals surface area contributed by atoms with Crippen molar-refractivity contribution < 1.29 is 13.3 Å². The van der Waals surface area contributed by atoms with Crippen molar-refractivity contribution in [2.24, 2.45) is 0 Å². The van der Waals surface area contributed by atoms with Crippen molar-refractivity contribution in [1.29, 1.82) is 0 Å². The second kappa shape index (κ2) is 8.39. The zero-order valence-corrected chi connectivity index (χ0v) is 12.4. The van der Waals surface area contributed by atoms with Gasteiger partial charge in [-0.05, 0) is 26.3 Å². The fourth-order valence-corrected chi connectivity index (χ4v) is 3.77. The van der Waals surface area contributed by atoms with Gasteiger partial charge in [0.2, 0.25) is 0 Å². The van der Waals surface area contributed by atoms with Gasteiger partial charge in [-0.25, -0.2) is 0 Å². The van der Waals surface area contributed by atoms with E-state index in [9.17, 15) is 0 Å². The topological polar surface area (TPSA) is 39.7 Å². The van der Waals surface area contributed by atoms with E-state index < -0.39 is 8.97 Å². The van der Waals surface area contributed by atoms with Crippen molar-refractivity contribution in [2.45, 2.75) is 27.3 Å². The van der Waals surface area contributed by atoms with Crippen LogP contribution < -0.4 is 4.98 Å². The maximum Gasteiger partial charge on any atom is 0.597 e. The van der Waals surface area contributed by atoms with Crippen LogP contribution in [0.5, 0.6) is 0 Å². The number of hydrogen-bond donors (Lipinski definition) is 1. The fourth-order valence-electron chi connectivity index (χ4n) is 1.65. The van der Waals surface area contributed by atoms with Gasteiger partial charge in [-0.2, -0.15) is 0 Å². The van der Waals surface area contributed by atoms with Gasteiger partial charge in [-0.15, -0.1) is 0 Å². The average molecular weight is 269 g/mol. The van der Waals surface area contributed by atoms with Crippen LogP contribution in [0.3, 0.4) is 0 Å². The lowest BCUT2D eigenvalue weighted by molar-refractivity contribution is 0.0593. The van der Waals surface area contributed by atoms with Crippen LogP contribution in [-0.4, -0.2) is 28.8 Å². The molecule has 18 heavy (non-hydrogen) atoms. The van der Waals surface area contributed by atoms with Crippen LogP contribution in [0.1, 0.15) is 26.3 Å². The molecule has 0 aromatic heterocycles. The van der Waals surface area contributed by atoms with Crippen LogP contribution in [0.2, 0.25) is 0 Å². The van der Waals surface area contributed by atoms with Gasteiger partial charge in [-0.1, -0.05) is 30.3 Å². The highest BCUT2D eigenvalue weighted by molar-refractivity contribution is 6.57. The Kier molecular flexibility index (Phi) is 7.15. The first-order valence-electron chi connectivity index (χ1n) is 6.47. The Morgan fingerprint density at radius 2 is 1.39 bits per heavy atom. The second-order valence-electron chi connectivity index (χ2n) is 3.69. The minimum atomic E-state index is -2.73. The van der Waals surface area contributed by atoms with E-state index in [4.69, 9.17) is 13.3 Å². The summed E-state index contributed by atoms with van der Waals surface area (Å²) in [4.78, 5) is 3.32. The van der Waals surface area contributed by atoms with Crippen molar-refractivity contribution >= 4 is 8.97 Å². The van der Waals surface area contributed by atoms with E-state index in [1.165, 1.54) is 5.56 Å². The van der Waals surface area contributed by atoms with Gasteiger partial charge >= 0.3 is 8.97 Å². The minimum absolute atomic E-state index is 0.577. The molecular formula is C13H23NO3Si. The first kappa shape index (κ1) is 15.3. The molecule has 0 spiro atoms. The van der Waals surface area contributed by atoms with Crippen LogP contribution >= 0.6 is 0 Å². The number of benzene rings is 1. The molecule has 0 saturated heterocycles. The van der Waals surface area contributed by atoms with Gasteiger partial charge in [0.05, 0.1) is 0 Å². The lowest BCUT2D eigenvalue weighted by Crippen LogP contribution is -2.58. The normalized spacial score (nSPS) is 11.7. The molecule has 0 aliphatic heterocycles. The van der Waals surface area contributed by atoms with Crippen molar-refractivity contribution in [3.8, 4) is 0 Å². The van der Waals surface area contributed by atoms with E-state index in [0.29, 0.717) is 26.4 Å². The van der Waals surface area contributed by atoms with Gasteiger partial charge in [-0.3, -0.25) is 4.98 Å². The van der Waals surface area contributed by atoms with Crippen LogP contribution in [-0.2, 0) is 19.8 Å². The predicted molar refractivity (Wildman–Crippen MR) is 73.9 cm³/mol. The van der Waals surface area contributed by atoms with Gasteiger partial charge < -0.3 is 13.3 Å². The summed E-state index contributed by atoms with van der Waals surface area (Å²) in [5.41, 5.74) is 1.19. The van der Waals surface area contributed by atoms with E-state index in [1.807, 2.05) is 39.0 Å². The summed E-state index contributed by atoms with van der Waals surface area (Å²) in [6.45, 7) is 8.26. The van der Waals surface area contributed by atoms with E-state index in [1.54, 1.807) is 0 Å². The Balaban J connectivity index is 2.64. The summed E-state index contributed by atoms with van der Waals surface area (Å²) in [6, 6.07) is 10.2. The summed E-state index contributed by atoms with van der Waals surface area (Å²) < 4.78 is 17.1. The zero-order chi connectivity index (χ0) is 13.3. The molecule has 1 aromatic carbocycles. The third-order valence-electron chi connectivity index (χ3n) is 2.35. The molecule has 0 heterocycles. The number of nitrogens with one attached hydrogen (secondary N) is 1. The minimum Gasteiger partial charge on any atom is -0.361 e. The van der Waals surface area contributed by atoms with Crippen LogP contribution in [0.4, 0.5) is 0 Å². The molecule has 1 N–H and O–H groups in total. The lowest BCUT2D eigenvalue weighted by atomic mass is 10.2. The molecule has 0 saturated carbocycles. The summed E-state index contributed by atoms with van der Waals surface area (Å²) in [6.07, 6.45) is 0. The predicted octanol–water partition coefficient (Wildman–Crippen LogP) is 2.32. The zero-order valence-electron chi connectivity index (χ0n) is 11.4. The molecule has 102 valence electrons. The molecule has 0 radical (unpaired) electrons. The van der Waals surface area contributed by atoms with Gasteiger partial charge in [0.25, 0.3) is 0 Å². The molecule has 0 amide bonds. The van der Waals surface area contributed by atoms with Gasteiger partial charge in [0.1, 0.15) is 0 Å². The third-order valence-corrected chi connectivity index (χ3v) is 4.97. The van der Waals surface area contributed by atoms with Crippen molar-refractivity contribution in [3.05, 3.63) is 35.9 Å². The molecule has 5 heteroatoms. The molecule has 1 rings (SSSR count). The molecule has 0 atom stereocenters. The standard InChI is InChI=1S/C13H23NO3Si/c1-4-15-18(16-5-2,17-6-3)14-12-13-10-8-7-9-11-13/h7-11,14H,4-6,12H2,1-3H3. The quantitative estimate of drug-likeness (QED) is 0.698. The Morgan fingerprint density at radius 3 is 1.83 bits per heavy atom. The maximum atomic E-state index is 5.72.